The molecule has 3 atom stereocenters. The van der Waals surface area contributed by atoms with Gasteiger partial charge in [-0.1, -0.05) is 13.0 Å². The Hall–Kier alpha value is -2.55. The van der Waals surface area contributed by atoms with E-state index in [1.807, 2.05) is 0 Å². The molecule has 0 saturated carbocycles. The number of carbonyl (C=O) groups excluding carboxylic acids is 3. The van der Waals surface area contributed by atoms with Gasteiger partial charge in [0.1, 0.15) is 29.3 Å². The topological polar surface area (TPSA) is 99.1 Å². The highest BCUT2D eigenvalue weighted by Gasteiger charge is 2.39. The number of aliphatic hydroxyl groups is 1. The smallest absolute Gasteiger partial charge is 0.387 e. The summed E-state index contributed by atoms with van der Waals surface area (Å²) in [6.07, 6.45) is -2.93. The number of aliphatic hydroxyl groups excluding tert-OH is 1. The second kappa shape index (κ2) is 7.56. The quantitative estimate of drug-likeness (QED) is 0.605. The molecule has 25 heavy (non-hydrogen) atoms. The average Bonchev–Trinajstić information content (AvgIpc) is 2.58. The van der Waals surface area contributed by atoms with Crippen LogP contribution >= 0.6 is 0 Å². The molecule has 0 fully saturated rings. The van der Waals surface area contributed by atoms with Crippen LogP contribution in [-0.2, 0) is 14.3 Å². The lowest BCUT2D eigenvalue weighted by atomic mass is 9.88. The minimum Gasteiger partial charge on any atom is -0.489 e. The Bertz CT molecular complexity index is 689. The molecule has 0 unspecified atom stereocenters. The number of carbonyl (C=O) groups is 3. The van der Waals surface area contributed by atoms with Gasteiger partial charge in [-0.05, 0) is 12.1 Å². The third-order valence-corrected chi connectivity index (χ3v) is 3.89. The Morgan fingerprint density at radius 3 is 2.64 bits per heavy atom. The van der Waals surface area contributed by atoms with E-state index in [4.69, 9.17) is 4.74 Å². The SMILES string of the molecule is COC(=O)C(=O)[C@@H](O)[C@H](C)[C@@H]1CC(=O)c2c(OC(F)F)cccc2O1. The second-order valence-corrected chi connectivity index (χ2v) is 5.45. The predicted octanol–water partition coefficient (Wildman–Crippen LogP) is 1.36. The van der Waals surface area contributed by atoms with E-state index in [2.05, 4.69) is 9.47 Å². The number of esters is 1. The van der Waals surface area contributed by atoms with Crippen molar-refractivity contribution in [1.82, 2.24) is 0 Å². The van der Waals surface area contributed by atoms with E-state index in [-0.39, 0.29) is 23.5 Å². The van der Waals surface area contributed by atoms with Crippen molar-refractivity contribution < 1.29 is 42.5 Å². The number of fused-ring (bicyclic) bond motifs is 1. The van der Waals surface area contributed by atoms with Gasteiger partial charge in [-0.3, -0.25) is 9.59 Å². The maximum atomic E-state index is 12.4. The summed E-state index contributed by atoms with van der Waals surface area (Å²) in [5.41, 5.74) is -0.125. The number of Topliss-reactive ketones (excluding diaryl/α,β-unsaturated/α-hetero) is 2. The summed E-state index contributed by atoms with van der Waals surface area (Å²) in [4.78, 5) is 35.2. The van der Waals surface area contributed by atoms with Crippen molar-refractivity contribution in [2.75, 3.05) is 7.11 Å². The van der Waals surface area contributed by atoms with Crippen LogP contribution in [0.3, 0.4) is 0 Å². The van der Waals surface area contributed by atoms with Gasteiger partial charge in [0.15, 0.2) is 5.78 Å². The van der Waals surface area contributed by atoms with Gasteiger partial charge in [0.25, 0.3) is 5.78 Å². The van der Waals surface area contributed by atoms with Crippen LogP contribution in [0.1, 0.15) is 23.7 Å². The van der Waals surface area contributed by atoms with Gasteiger partial charge in [0, 0.05) is 12.3 Å². The molecule has 1 N–H and O–H groups in total. The summed E-state index contributed by atoms with van der Waals surface area (Å²) < 4.78 is 39.0. The fraction of sp³-hybridized carbons (Fsp3) is 0.438. The molecule has 1 aliphatic heterocycles. The van der Waals surface area contributed by atoms with E-state index in [9.17, 15) is 28.3 Å². The number of methoxy groups -OCH3 is 1. The van der Waals surface area contributed by atoms with Gasteiger partial charge in [0.05, 0.1) is 7.11 Å². The number of benzene rings is 1. The highest BCUT2D eigenvalue weighted by molar-refractivity contribution is 6.35. The molecule has 2 rings (SSSR count). The molecule has 0 amide bonds. The van der Waals surface area contributed by atoms with Crippen LogP contribution in [0.4, 0.5) is 8.78 Å². The largest absolute Gasteiger partial charge is 0.489 e. The van der Waals surface area contributed by atoms with Crippen LogP contribution in [0.2, 0.25) is 0 Å². The molecule has 0 aliphatic carbocycles. The van der Waals surface area contributed by atoms with Gasteiger partial charge in [-0.15, -0.1) is 0 Å². The number of rotatable bonds is 6. The third kappa shape index (κ3) is 3.93. The summed E-state index contributed by atoms with van der Waals surface area (Å²) >= 11 is 0. The van der Waals surface area contributed by atoms with E-state index in [1.165, 1.54) is 25.1 Å². The number of hydrogen-bond donors (Lipinski definition) is 1. The highest BCUT2D eigenvalue weighted by atomic mass is 19.3. The second-order valence-electron chi connectivity index (χ2n) is 5.45. The average molecular weight is 358 g/mol. The number of alkyl halides is 2. The fourth-order valence-electron chi connectivity index (χ4n) is 2.52. The Kier molecular flexibility index (Phi) is 5.68. The van der Waals surface area contributed by atoms with E-state index < -0.39 is 42.3 Å². The van der Waals surface area contributed by atoms with Gasteiger partial charge < -0.3 is 19.3 Å². The minimum atomic E-state index is -3.10. The first-order chi connectivity index (χ1) is 11.8. The number of ether oxygens (including phenoxy) is 3. The van der Waals surface area contributed by atoms with Gasteiger partial charge >= 0.3 is 12.6 Å². The number of halogens is 2. The van der Waals surface area contributed by atoms with Crippen molar-refractivity contribution in [3.8, 4) is 11.5 Å². The summed E-state index contributed by atoms with van der Waals surface area (Å²) in [5.74, 6) is -4.13. The summed E-state index contributed by atoms with van der Waals surface area (Å²) in [7, 11) is 0.999. The van der Waals surface area contributed by atoms with E-state index in [1.54, 1.807) is 0 Å². The van der Waals surface area contributed by atoms with Crippen LogP contribution in [0.5, 0.6) is 11.5 Å². The Labute approximate surface area is 141 Å². The first-order valence-electron chi connectivity index (χ1n) is 7.34. The lowest BCUT2D eigenvalue weighted by Gasteiger charge is -2.31. The summed E-state index contributed by atoms with van der Waals surface area (Å²) in [6.45, 7) is -1.68. The summed E-state index contributed by atoms with van der Waals surface area (Å²) in [5, 5.41) is 9.98. The predicted molar refractivity (Wildman–Crippen MR) is 78.6 cm³/mol. The Morgan fingerprint density at radius 2 is 2.04 bits per heavy atom. The zero-order valence-electron chi connectivity index (χ0n) is 13.4. The molecule has 0 radical (unpaired) electrons. The lowest BCUT2D eigenvalue weighted by Crippen LogP contribution is -2.44. The molecular formula is C16H16F2O7. The third-order valence-electron chi connectivity index (χ3n) is 3.89. The molecule has 136 valence electrons. The zero-order chi connectivity index (χ0) is 18.7. The minimum absolute atomic E-state index is 0.00367. The highest BCUT2D eigenvalue weighted by Crippen LogP contribution is 2.37. The Morgan fingerprint density at radius 1 is 1.36 bits per heavy atom. The molecule has 0 aromatic heterocycles. The number of ketones is 2. The normalized spacial score (nSPS) is 18.8. The van der Waals surface area contributed by atoms with Crippen LogP contribution in [0.25, 0.3) is 0 Å². The van der Waals surface area contributed by atoms with Crippen LogP contribution in [0, 0.1) is 5.92 Å². The van der Waals surface area contributed by atoms with Crippen molar-refractivity contribution in [2.45, 2.75) is 32.2 Å². The summed E-state index contributed by atoms with van der Waals surface area (Å²) in [6, 6.07) is 3.97. The number of hydrogen-bond acceptors (Lipinski definition) is 7. The molecule has 0 spiro atoms. The van der Waals surface area contributed by atoms with Crippen molar-refractivity contribution in [2.24, 2.45) is 5.92 Å². The molecule has 1 aliphatic rings. The molecular weight excluding hydrogens is 342 g/mol. The van der Waals surface area contributed by atoms with Gasteiger partial charge in [-0.25, -0.2) is 4.79 Å². The van der Waals surface area contributed by atoms with Crippen molar-refractivity contribution in [3.63, 3.8) is 0 Å². The first-order valence-corrected chi connectivity index (χ1v) is 7.34. The van der Waals surface area contributed by atoms with Crippen LogP contribution in [0.15, 0.2) is 18.2 Å². The Balaban J connectivity index is 2.22. The molecule has 0 bridgehead atoms. The van der Waals surface area contributed by atoms with Crippen LogP contribution in [-0.4, -0.2) is 48.6 Å². The lowest BCUT2D eigenvalue weighted by molar-refractivity contribution is -0.157. The van der Waals surface area contributed by atoms with Crippen molar-refractivity contribution in [1.29, 1.82) is 0 Å². The van der Waals surface area contributed by atoms with Crippen molar-refractivity contribution in [3.05, 3.63) is 23.8 Å². The molecule has 1 aromatic carbocycles. The fourth-order valence-corrected chi connectivity index (χ4v) is 2.52. The molecule has 0 saturated heterocycles. The zero-order valence-corrected chi connectivity index (χ0v) is 13.4. The van der Waals surface area contributed by atoms with E-state index in [0.29, 0.717) is 0 Å². The molecule has 1 aromatic rings. The van der Waals surface area contributed by atoms with Crippen LogP contribution < -0.4 is 9.47 Å². The molecule has 7 nitrogen and oxygen atoms in total. The monoisotopic (exact) mass is 358 g/mol. The maximum Gasteiger partial charge on any atom is 0.387 e. The van der Waals surface area contributed by atoms with E-state index >= 15 is 0 Å². The maximum absolute atomic E-state index is 12.4. The molecule has 9 heteroatoms. The van der Waals surface area contributed by atoms with Gasteiger partial charge in [-0.2, -0.15) is 8.78 Å². The first kappa shape index (κ1) is 18.8. The molecule has 1 heterocycles. The van der Waals surface area contributed by atoms with Crippen molar-refractivity contribution >= 4 is 17.5 Å². The van der Waals surface area contributed by atoms with E-state index in [0.717, 1.165) is 7.11 Å². The standard InChI is InChI=1S/C16H16F2O7/c1-7(13(20)14(21)15(22)23-2)11-6-8(19)12-9(24-11)4-3-5-10(12)25-16(17)18/h3-5,7,11,13,16,20H,6H2,1-2H3/t7-,11+,13+/m1/s1. The van der Waals surface area contributed by atoms with Gasteiger partial charge in [0.2, 0.25) is 0 Å².